The van der Waals surface area contributed by atoms with E-state index in [0.29, 0.717) is 6.42 Å². The van der Waals surface area contributed by atoms with Crippen LogP contribution in [0.3, 0.4) is 0 Å². The third kappa shape index (κ3) is 1.39. The molecule has 0 atom stereocenters. The highest BCUT2D eigenvalue weighted by atomic mass is 35.5. The molecule has 14 heavy (non-hydrogen) atoms. The molecule has 0 N–H and O–H groups in total. The van der Waals surface area contributed by atoms with E-state index in [2.05, 4.69) is 12.1 Å². The molecule has 3 heteroatoms. The molecule has 1 heterocycles. The van der Waals surface area contributed by atoms with Gasteiger partial charge in [-0.1, -0.05) is 11.6 Å². The van der Waals surface area contributed by atoms with Crippen molar-refractivity contribution in [2.75, 3.05) is 0 Å². The average molecular weight is 222 g/mol. The van der Waals surface area contributed by atoms with Crippen LogP contribution < -0.4 is 0 Å². The minimum atomic E-state index is 0.383. The standard InChI is InChI=1S/C11H8ClNS/c1-7-6-10-8(3-5-14-10)9(2-4-13)11(7)12/h3,5-6H,2H2,1H3. The largest absolute Gasteiger partial charge is 0.198 e. The molecule has 0 spiro atoms. The highest BCUT2D eigenvalue weighted by molar-refractivity contribution is 7.17. The highest BCUT2D eigenvalue weighted by Crippen LogP contribution is 2.32. The Labute approximate surface area is 91.5 Å². The fraction of sp³-hybridized carbons (Fsp3) is 0.182. The molecular weight excluding hydrogens is 214 g/mol. The van der Waals surface area contributed by atoms with E-state index < -0.39 is 0 Å². The third-order valence-corrected chi connectivity index (χ3v) is 3.62. The van der Waals surface area contributed by atoms with Gasteiger partial charge < -0.3 is 0 Å². The number of benzene rings is 1. The molecule has 0 saturated heterocycles. The van der Waals surface area contributed by atoms with Gasteiger partial charge in [-0.15, -0.1) is 11.3 Å². The Morgan fingerprint density at radius 3 is 3.07 bits per heavy atom. The average Bonchev–Trinajstić information content (AvgIpc) is 2.60. The van der Waals surface area contributed by atoms with Crippen LogP contribution in [0.15, 0.2) is 17.5 Å². The summed E-state index contributed by atoms with van der Waals surface area (Å²) in [7, 11) is 0. The monoisotopic (exact) mass is 221 g/mol. The van der Waals surface area contributed by atoms with E-state index in [0.717, 1.165) is 21.5 Å². The fourth-order valence-electron chi connectivity index (χ4n) is 1.55. The topological polar surface area (TPSA) is 23.8 Å². The van der Waals surface area contributed by atoms with Crippen molar-refractivity contribution in [3.8, 4) is 6.07 Å². The van der Waals surface area contributed by atoms with E-state index >= 15 is 0 Å². The summed E-state index contributed by atoms with van der Waals surface area (Å²) in [4.78, 5) is 0. The number of halogens is 1. The van der Waals surface area contributed by atoms with E-state index in [-0.39, 0.29) is 0 Å². The van der Waals surface area contributed by atoms with Gasteiger partial charge in [0.2, 0.25) is 0 Å². The van der Waals surface area contributed by atoms with Crippen molar-refractivity contribution in [2.24, 2.45) is 0 Å². The number of nitrogens with zero attached hydrogens (tertiary/aromatic N) is 1. The second-order valence-corrected chi connectivity index (χ2v) is 4.48. The minimum absolute atomic E-state index is 0.383. The van der Waals surface area contributed by atoms with Crippen molar-refractivity contribution < 1.29 is 0 Å². The smallest absolute Gasteiger partial charge is 0.0670 e. The first-order valence-corrected chi connectivity index (χ1v) is 5.52. The SMILES string of the molecule is Cc1cc2sccc2c(CC#N)c1Cl. The quantitative estimate of drug-likeness (QED) is 0.716. The van der Waals surface area contributed by atoms with Gasteiger partial charge in [0, 0.05) is 9.72 Å². The first-order valence-electron chi connectivity index (χ1n) is 4.26. The molecule has 0 saturated carbocycles. The van der Waals surface area contributed by atoms with Crippen molar-refractivity contribution in [3.63, 3.8) is 0 Å². The molecule has 0 radical (unpaired) electrons. The summed E-state index contributed by atoms with van der Waals surface area (Å²) < 4.78 is 1.21. The van der Waals surface area contributed by atoms with Gasteiger partial charge in [0.05, 0.1) is 12.5 Å². The molecule has 1 aromatic carbocycles. The number of hydrogen-bond donors (Lipinski definition) is 0. The third-order valence-electron chi connectivity index (χ3n) is 2.23. The zero-order chi connectivity index (χ0) is 10.1. The molecule has 1 nitrogen and oxygen atoms in total. The zero-order valence-electron chi connectivity index (χ0n) is 7.67. The van der Waals surface area contributed by atoms with Crippen LogP contribution >= 0.6 is 22.9 Å². The van der Waals surface area contributed by atoms with Gasteiger partial charge in [-0.05, 0) is 40.9 Å². The molecule has 2 rings (SSSR count). The van der Waals surface area contributed by atoms with E-state index in [1.807, 2.05) is 18.4 Å². The first kappa shape index (κ1) is 9.51. The van der Waals surface area contributed by atoms with Crippen LogP contribution in [0.4, 0.5) is 0 Å². The molecule has 0 unspecified atom stereocenters. The van der Waals surface area contributed by atoms with Crippen LogP contribution in [-0.2, 0) is 6.42 Å². The number of aryl methyl sites for hydroxylation is 1. The summed E-state index contributed by atoms with van der Waals surface area (Å²) in [5, 5.41) is 12.6. The number of rotatable bonds is 1. The molecular formula is C11H8ClNS. The van der Waals surface area contributed by atoms with Crippen LogP contribution in [0.1, 0.15) is 11.1 Å². The molecule has 0 aliphatic carbocycles. The molecule has 70 valence electrons. The van der Waals surface area contributed by atoms with Crippen LogP contribution in [0, 0.1) is 18.3 Å². The normalized spacial score (nSPS) is 10.4. The van der Waals surface area contributed by atoms with E-state index in [1.54, 1.807) is 11.3 Å². The zero-order valence-corrected chi connectivity index (χ0v) is 9.25. The van der Waals surface area contributed by atoms with Crippen LogP contribution in [0.5, 0.6) is 0 Å². The summed E-state index contributed by atoms with van der Waals surface area (Å²) in [5.74, 6) is 0. The molecule has 0 amide bonds. The summed E-state index contributed by atoms with van der Waals surface area (Å²) in [5.41, 5.74) is 2.01. The van der Waals surface area contributed by atoms with E-state index in [4.69, 9.17) is 16.9 Å². The second kappa shape index (κ2) is 3.61. The maximum Gasteiger partial charge on any atom is 0.0670 e. The molecule has 0 bridgehead atoms. The lowest BCUT2D eigenvalue weighted by atomic mass is 10.0. The lowest BCUT2D eigenvalue weighted by Crippen LogP contribution is -1.87. The van der Waals surface area contributed by atoms with E-state index in [9.17, 15) is 0 Å². The van der Waals surface area contributed by atoms with Crippen molar-refractivity contribution in [3.05, 3.63) is 33.7 Å². The van der Waals surface area contributed by atoms with Crippen molar-refractivity contribution in [2.45, 2.75) is 13.3 Å². The first-order chi connectivity index (χ1) is 6.74. The Kier molecular flexibility index (Phi) is 2.45. The lowest BCUT2D eigenvalue weighted by molar-refractivity contribution is 1.27. The Morgan fingerprint density at radius 2 is 2.36 bits per heavy atom. The summed E-state index contributed by atoms with van der Waals surface area (Å²) in [6.45, 7) is 1.97. The molecule has 2 aromatic rings. The highest BCUT2D eigenvalue weighted by Gasteiger charge is 2.09. The number of thiophene rings is 1. The van der Waals surface area contributed by atoms with Gasteiger partial charge >= 0.3 is 0 Å². The Bertz CT molecular complexity index is 522. The summed E-state index contributed by atoms with van der Waals surface area (Å²) in [6.07, 6.45) is 0.383. The second-order valence-electron chi connectivity index (χ2n) is 3.15. The Balaban J connectivity index is 2.81. The van der Waals surface area contributed by atoms with Gasteiger partial charge in [0.1, 0.15) is 0 Å². The summed E-state index contributed by atoms with van der Waals surface area (Å²) in [6, 6.07) is 6.25. The number of nitriles is 1. The summed E-state index contributed by atoms with van der Waals surface area (Å²) >= 11 is 7.84. The van der Waals surface area contributed by atoms with Crippen LogP contribution in [0.25, 0.3) is 10.1 Å². The molecule has 0 aliphatic heterocycles. The molecule has 1 aromatic heterocycles. The van der Waals surface area contributed by atoms with Gasteiger partial charge in [-0.25, -0.2) is 0 Å². The van der Waals surface area contributed by atoms with Gasteiger partial charge in [-0.2, -0.15) is 5.26 Å². The van der Waals surface area contributed by atoms with Crippen molar-refractivity contribution >= 4 is 33.0 Å². The lowest BCUT2D eigenvalue weighted by Gasteiger charge is -2.05. The van der Waals surface area contributed by atoms with Gasteiger partial charge in [0.15, 0.2) is 0 Å². The van der Waals surface area contributed by atoms with Crippen molar-refractivity contribution in [1.29, 1.82) is 5.26 Å². The Morgan fingerprint density at radius 1 is 1.57 bits per heavy atom. The van der Waals surface area contributed by atoms with Gasteiger partial charge in [-0.3, -0.25) is 0 Å². The van der Waals surface area contributed by atoms with E-state index in [1.165, 1.54) is 4.70 Å². The van der Waals surface area contributed by atoms with Gasteiger partial charge in [0.25, 0.3) is 0 Å². The van der Waals surface area contributed by atoms with Crippen molar-refractivity contribution in [1.82, 2.24) is 0 Å². The number of hydrogen-bond acceptors (Lipinski definition) is 2. The van der Waals surface area contributed by atoms with Crippen LogP contribution in [0.2, 0.25) is 5.02 Å². The predicted molar refractivity (Wildman–Crippen MR) is 60.9 cm³/mol. The maximum atomic E-state index is 8.73. The minimum Gasteiger partial charge on any atom is -0.198 e. The fourth-order valence-corrected chi connectivity index (χ4v) is 2.69. The predicted octanol–water partition coefficient (Wildman–Crippen LogP) is 3.93. The maximum absolute atomic E-state index is 8.73. The number of fused-ring (bicyclic) bond motifs is 1. The molecule has 0 fully saturated rings. The molecule has 0 aliphatic rings. The Hall–Kier alpha value is -1.04. The van der Waals surface area contributed by atoms with Crippen LogP contribution in [-0.4, -0.2) is 0 Å².